The highest BCUT2D eigenvalue weighted by molar-refractivity contribution is 9.10. The molecule has 0 aliphatic rings. The lowest BCUT2D eigenvalue weighted by molar-refractivity contribution is 0.0784. The van der Waals surface area contributed by atoms with Crippen molar-refractivity contribution >= 4 is 21.8 Å². The minimum atomic E-state index is -0.0480. The van der Waals surface area contributed by atoms with Crippen LogP contribution in [0.4, 0.5) is 0 Å². The van der Waals surface area contributed by atoms with Gasteiger partial charge in [-0.1, -0.05) is 15.9 Å². The third kappa shape index (κ3) is 4.74. The van der Waals surface area contributed by atoms with Gasteiger partial charge in [-0.3, -0.25) is 4.79 Å². The number of halogens is 1. The summed E-state index contributed by atoms with van der Waals surface area (Å²) in [6.45, 7) is 4.40. The van der Waals surface area contributed by atoms with Crippen molar-refractivity contribution in [2.45, 2.75) is 26.5 Å². The lowest BCUT2D eigenvalue weighted by Gasteiger charge is -2.19. The molecule has 0 fully saturated rings. The van der Waals surface area contributed by atoms with Crippen LogP contribution in [0.2, 0.25) is 0 Å². The van der Waals surface area contributed by atoms with Crippen molar-refractivity contribution in [3.63, 3.8) is 0 Å². The van der Waals surface area contributed by atoms with E-state index in [9.17, 15) is 4.79 Å². The zero-order chi connectivity index (χ0) is 17.7. The Bertz CT molecular complexity index is 698. The summed E-state index contributed by atoms with van der Waals surface area (Å²) in [6, 6.07) is 13.0. The molecule has 2 aromatic carbocycles. The lowest BCUT2D eigenvalue weighted by atomic mass is 10.1. The number of nitrogens with zero attached hydrogens (tertiary/aromatic N) is 1. The van der Waals surface area contributed by atoms with E-state index in [0.29, 0.717) is 12.1 Å². The van der Waals surface area contributed by atoms with E-state index in [1.165, 1.54) is 0 Å². The second-order valence-electron chi connectivity index (χ2n) is 5.81. The molecular weight excluding hydrogens is 370 g/mol. The van der Waals surface area contributed by atoms with Crippen LogP contribution in [0.3, 0.4) is 0 Å². The highest BCUT2D eigenvalue weighted by atomic mass is 79.9. The number of hydrogen-bond donors (Lipinski definition) is 0. The Labute approximate surface area is 151 Å². The maximum absolute atomic E-state index is 12.6. The standard InChI is InChI=1S/C19H22BrNO3/c1-13(2)24-17-8-5-14(6-9-17)19(22)21(3)12-15-11-16(20)7-10-18(15)23-4/h5-11,13H,12H2,1-4H3. The molecule has 0 unspecified atom stereocenters. The average Bonchev–Trinajstić information content (AvgIpc) is 2.54. The minimum Gasteiger partial charge on any atom is -0.496 e. The van der Waals surface area contributed by atoms with E-state index in [0.717, 1.165) is 21.5 Å². The molecule has 0 saturated heterocycles. The maximum Gasteiger partial charge on any atom is 0.253 e. The zero-order valence-corrected chi connectivity index (χ0v) is 16.0. The number of ether oxygens (including phenoxy) is 2. The van der Waals surface area contributed by atoms with E-state index in [2.05, 4.69) is 15.9 Å². The van der Waals surface area contributed by atoms with Crippen LogP contribution in [0.5, 0.6) is 11.5 Å². The van der Waals surface area contributed by atoms with Gasteiger partial charge in [0, 0.05) is 29.2 Å². The van der Waals surface area contributed by atoms with Gasteiger partial charge in [0.15, 0.2) is 0 Å². The van der Waals surface area contributed by atoms with Gasteiger partial charge in [0.1, 0.15) is 11.5 Å². The van der Waals surface area contributed by atoms with Crippen molar-refractivity contribution < 1.29 is 14.3 Å². The quantitative estimate of drug-likeness (QED) is 0.726. The highest BCUT2D eigenvalue weighted by Gasteiger charge is 2.14. The highest BCUT2D eigenvalue weighted by Crippen LogP contribution is 2.24. The molecule has 0 spiro atoms. The predicted octanol–water partition coefficient (Wildman–Crippen LogP) is 4.52. The maximum atomic E-state index is 12.6. The molecule has 2 aromatic rings. The number of hydrogen-bond acceptors (Lipinski definition) is 3. The Morgan fingerprint density at radius 3 is 2.42 bits per heavy atom. The molecule has 128 valence electrons. The Morgan fingerprint density at radius 2 is 1.83 bits per heavy atom. The molecule has 24 heavy (non-hydrogen) atoms. The molecule has 0 radical (unpaired) electrons. The van der Waals surface area contributed by atoms with E-state index in [4.69, 9.17) is 9.47 Å². The van der Waals surface area contributed by atoms with Crippen molar-refractivity contribution in [2.24, 2.45) is 0 Å². The molecular formula is C19H22BrNO3. The van der Waals surface area contributed by atoms with Gasteiger partial charge in [-0.15, -0.1) is 0 Å². The fraction of sp³-hybridized carbons (Fsp3) is 0.316. The van der Waals surface area contributed by atoms with Crippen LogP contribution in [-0.2, 0) is 6.54 Å². The van der Waals surface area contributed by atoms with Gasteiger partial charge in [0.05, 0.1) is 13.2 Å². The molecule has 0 aliphatic carbocycles. The van der Waals surface area contributed by atoms with Crippen molar-refractivity contribution in [3.05, 3.63) is 58.1 Å². The summed E-state index contributed by atoms with van der Waals surface area (Å²) in [6.07, 6.45) is 0.109. The smallest absolute Gasteiger partial charge is 0.253 e. The van der Waals surface area contributed by atoms with Gasteiger partial charge >= 0.3 is 0 Å². The van der Waals surface area contributed by atoms with E-state index < -0.39 is 0 Å². The summed E-state index contributed by atoms with van der Waals surface area (Å²) < 4.78 is 11.9. The first-order chi connectivity index (χ1) is 11.4. The van der Waals surface area contributed by atoms with Gasteiger partial charge < -0.3 is 14.4 Å². The Morgan fingerprint density at radius 1 is 1.17 bits per heavy atom. The second kappa shape index (κ2) is 8.20. The summed E-state index contributed by atoms with van der Waals surface area (Å²) in [5.41, 5.74) is 1.57. The third-order valence-electron chi connectivity index (χ3n) is 3.47. The monoisotopic (exact) mass is 391 g/mol. The molecule has 0 aromatic heterocycles. The van der Waals surface area contributed by atoms with Crippen LogP contribution in [0.15, 0.2) is 46.9 Å². The number of benzene rings is 2. The van der Waals surface area contributed by atoms with Crippen molar-refractivity contribution in [2.75, 3.05) is 14.2 Å². The molecule has 1 amide bonds. The van der Waals surface area contributed by atoms with Gasteiger partial charge in [0.25, 0.3) is 5.91 Å². The molecule has 2 rings (SSSR count). The molecule has 4 nitrogen and oxygen atoms in total. The lowest BCUT2D eigenvalue weighted by Crippen LogP contribution is -2.26. The molecule has 5 heteroatoms. The summed E-state index contributed by atoms with van der Waals surface area (Å²) in [7, 11) is 3.41. The number of amides is 1. The first-order valence-electron chi connectivity index (χ1n) is 7.75. The molecule has 0 bridgehead atoms. The van der Waals surface area contributed by atoms with E-state index in [-0.39, 0.29) is 12.0 Å². The van der Waals surface area contributed by atoms with Crippen LogP contribution in [0.25, 0.3) is 0 Å². The summed E-state index contributed by atoms with van der Waals surface area (Å²) in [4.78, 5) is 14.3. The molecule has 0 N–H and O–H groups in total. The van der Waals surface area contributed by atoms with Crippen LogP contribution in [0, 0.1) is 0 Å². The summed E-state index contributed by atoms with van der Waals surface area (Å²) in [5, 5.41) is 0. The first-order valence-corrected chi connectivity index (χ1v) is 8.54. The van der Waals surface area contributed by atoms with Crippen LogP contribution < -0.4 is 9.47 Å². The molecule has 0 saturated carbocycles. The summed E-state index contributed by atoms with van der Waals surface area (Å²) >= 11 is 3.45. The van der Waals surface area contributed by atoms with Crippen LogP contribution in [0.1, 0.15) is 29.8 Å². The van der Waals surface area contributed by atoms with Crippen molar-refractivity contribution in [1.82, 2.24) is 4.90 Å². The third-order valence-corrected chi connectivity index (χ3v) is 3.96. The van der Waals surface area contributed by atoms with Gasteiger partial charge in [-0.05, 0) is 56.3 Å². The largest absolute Gasteiger partial charge is 0.496 e. The van der Waals surface area contributed by atoms with Gasteiger partial charge in [-0.25, -0.2) is 0 Å². The number of rotatable bonds is 6. The fourth-order valence-electron chi connectivity index (χ4n) is 2.37. The SMILES string of the molecule is COc1ccc(Br)cc1CN(C)C(=O)c1ccc(OC(C)C)cc1. The normalized spacial score (nSPS) is 10.6. The molecule has 0 atom stereocenters. The van der Waals surface area contributed by atoms with Crippen LogP contribution >= 0.6 is 15.9 Å². The number of carbonyl (C=O) groups excluding carboxylic acids is 1. The Balaban J connectivity index is 2.11. The van der Waals surface area contributed by atoms with Crippen molar-refractivity contribution in [3.8, 4) is 11.5 Å². The topological polar surface area (TPSA) is 38.8 Å². The number of methoxy groups -OCH3 is 1. The molecule has 0 aliphatic heterocycles. The average molecular weight is 392 g/mol. The summed E-state index contributed by atoms with van der Waals surface area (Å²) in [5.74, 6) is 1.48. The first kappa shape index (κ1) is 18.3. The Kier molecular flexibility index (Phi) is 6.26. The zero-order valence-electron chi connectivity index (χ0n) is 14.4. The number of carbonyl (C=O) groups is 1. The predicted molar refractivity (Wildman–Crippen MR) is 98.7 cm³/mol. The minimum absolute atomic E-state index is 0.0480. The van der Waals surface area contributed by atoms with E-state index in [1.54, 1.807) is 31.2 Å². The fourth-order valence-corrected chi connectivity index (χ4v) is 2.78. The van der Waals surface area contributed by atoms with E-state index >= 15 is 0 Å². The van der Waals surface area contributed by atoms with Gasteiger partial charge in [0.2, 0.25) is 0 Å². The van der Waals surface area contributed by atoms with Crippen LogP contribution in [-0.4, -0.2) is 31.1 Å². The van der Waals surface area contributed by atoms with E-state index in [1.807, 2.05) is 44.2 Å². The molecule has 0 heterocycles. The Hall–Kier alpha value is -2.01. The second-order valence-corrected chi connectivity index (χ2v) is 6.72. The van der Waals surface area contributed by atoms with Crippen molar-refractivity contribution in [1.29, 1.82) is 0 Å². The van der Waals surface area contributed by atoms with Gasteiger partial charge in [-0.2, -0.15) is 0 Å².